The minimum Gasteiger partial charge on any atom is -0.314 e. The second-order valence-electron chi connectivity index (χ2n) is 3.47. The minimum atomic E-state index is -0.669. The van der Waals surface area contributed by atoms with Gasteiger partial charge in [0.15, 0.2) is 0 Å². The summed E-state index contributed by atoms with van der Waals surface area (Å²) in [5.41, 5.74) is 0.0229. The quantitative estimate of drug-likeness (QED) is 0.723. The van der Waals surface area contributed by atoms with Crippen molar-refractivity contribution >= 4 is 11.6 Å². The zero-order chi connectivity index (χ0) is 10.8. The Balaban J connectivity index is 2.36. The van der Waals surface area contributed by atoms with E-state index in [2.05, 4.69) is 10.6 Å². The average Bonchev–Trinajstić information content (AvgIpc) is 2.26. The summed E-state index contributed by atoms with van der Waals surface area (Å²) in [6.45, 7) is 2.00. The summed E-state index contributed by atoms with van der Waals surface area (Å²) >= 11 is 5.62. The van der Waals surface area contributed by atoms with Gasteiger partial charge in [0.2, 0.25) is 0 Å². The van der Waals surface area contributed by atoms with Crippen LogP contribution in [0.4, 0.5) is 8.78 Å². The average molecular weight is 233 g/mol. The second kappa shape index (κ2) is 4.43. The van der Waals surface area contributed by atoms with Crippen molar-refractivity contribution < 1.29 is 8.78 Å². The smallest absolute Gasteiger partial charge is 0.149 e. The maximum absolute atomic E-state index is 13.6. The van der Waals surface area contributed by atoms with E-state index in [1.807, 2.05) is 0 Å². The number of benzene rings is 1. The van der Waals surface area contributed by atoms with Crippen LogP contribution in [0.5, 0.6) is 0 Å². The lowest BCUT2D eigenvalue weighted by Gasteiger charge is -2.25. The van der Waals surface area contributed by atoms with E-state index in [1.165, 1.54) is 12.1 Å². The number of hydrogen-bond acceptors (Lipinski definition) is 2. The van der Waals surface area contributed by atoms with Crippen LogP contribution in [0.2, 0.25) is 5.02 Å². The molecule has 2 N–H and O–H groups in total. The Bertz CT molecular complexity index is 365. The van der Waals surface area contributed by atoms with E-state index in [0.717, 1.165) is 6.54 Å². The van der Waals surface area contributed by atoms with Crippen molar-refractivity contribution in [1.82, 2.24) is 10.6 Å². The summed E-state index contributed by atoms with van der Waals surface area (Å²) < 4.78 is 27.1. The third kappa shape index (κ3) is 2.12. The lowest BCUT2D eigenvalue weighted by molar-refractivity contribution is 0.401. The molecule has 5 heteroatoms. The van der Waals surface area contributed by atoms with E-state index in [9.17, 15) is 8.78 Å². The predicted octanol–water partition coefficient (Wildman–Crippen LogP) is 1.85. The van der Waals surface area contributed by atoms with Gasteiger partial charge in [0.05, 0.1) is 11.1 Å². The van der Waals surface area contributed by atoms with Crippen LogP contribution in [-0.4, -0.2) is 19.6 Å². The molecule has 0 spiro atoms. The number of halogens is 3. The lowest BCUT2D eigenvalue weighted by atomic mass is 10.0. The Hall–Kier alpha value is -0.710. The molecule has 0 radical (unpaired) electrons. The van der Waals surface area contributed by atoms with Crippen molar-refractivity contribution in [1.29, 1.82) is 0 Å². The molecule has 0 aromatic heterocycles. The third-order valence-electron chi connectivity index (χ3n) is 2.47. The van der Waals surface area contributed by atoms with Crippen molar-refractivity contribution in [2.75, 3.05) is 19.6 Å². The van der Waals surface area contributed by atoms with Crippen molar-refractivity contribution in [3.05, 3.63) is 34.4 Å². The summed E-state index contributed by atoms with van der Waals surface area (Å²) in [6, 6.07) is 2.07. The summed E-state index contributed by atoms with van der Waals surface area (Å²) in [5.74, 6) is -1.23. The molecule has 2 nitrogen and oxygen atoms in total. The van der Waals surface area contributed by atoms with E-state index in [0.29, 0.717) is 13.1 Å². The minimum absolute atomic E-state index is 0.0229. The molecule has 0 saturated carbocycles. The summed E-state index contributed by atoms with van der Waals surface area (Å²) in [6.07, 6.45) is 0. The van der Waals surface area contributed by atoms with Gasteiger partial charge in [-0.05, 0) is 12.1 Å². The Morgan fingerprint density at radius 1 is 1.27 bits per heavy atom. The Kier molecular flexibility index (Phi) is 3.19. The first-order valence-corrected chi connectivity index (χ1v) is 5.15. The van der Waals surface area contributed by atoms with Gasteiger partial charge in [0.1, 0.15) is 11.6 Å². The number of rotatable bonds is 1. The summed E-state index contributed by atoms with van der Waals surface area (Å²) in [5, 5.41) is 6.07. The van der Waals surface area contributed by atoms with Crippen molar-refractivity contribution in [2.24, 2.45) is 0 Å². The van der Waals surface area contributed by atoms with E-state index >= 15 is 0 Å². The van der Waals surface area contributed by atoms with E-state index in [4.69, 9.17) is 11.6 Å². The molecule has 1 atom stereocenters. The first kappa shape index (κ1) is 10.8. The van der Waals surface area contributed by atoms with Gasteiger partial charge in [-0.2, -0.15) is 0 Å². The SMILES string of the molecule is Fc1ccc(Cl)c(F)c1[C@H]1CNCCN1. The second-order valence-corrected chi connectivity index (χ2v) is 3.87. The molecule has 1 aliphatic heterocycles. The third-order valence-corrected chi connectivity index (χ3v) is 2.76. The predicted molar refractivity (Wildman–Crippen MR) is 55.0 cm³/mol. The molecule has 0 unspecified atom stereocenters. The highest BCUT2D eigenvalue weighted by atomic mass is 35.5. The molecule has 1 aromatic carbocycles. The fourth-order valence-electron chi connectivity index (χ4n) is 1.72. The number of nitrogens with one attached hydrogen (secondary N) is 2. The topological polar surface area (TPSA) is 24.1 Å². The first-order valence-electron chi connectivity index (χ1n) is 4.77. The molecule has 1 fully saturated rings. The van der Waals surface area contributed by atoms with Crippen molar-refractivity contribution in [2.45, 2.75) is 6.04 Å². The largest absolute Gasteiger partial charge is 0.314 e. The van der Waals surface area contributed by atoms with E-state index in [1.54, 1.807) is 0 Å². The monoisotopic (exact) mass is 232 g/mol. The zero-order valence-electron chi connectivity index (χ0n) is 7.99. The van der Waals surface area contributed by atoms with Crippen LogP contribution in [0, 0.1) is 11.6 Å². The first-order chi connectivity index (χ1) is 7.20. The van der Waals surface area contributed by atoms with Crippen LogP contribution >= 0.6 is 11.6 Å². The van der Waals surface area contributed by atoms with Gasteiger partial charge in [-0.25, -0.2) is 8.78 Å². The highest BCUT2D eigenvalue weighted by Crippen LogP contribution is 2.26. The van der Waals surface area contributed by atoms with Gasteiger partial charge < -0.3 is 10.6 Å². The maximum Gasteiger partial charge on any atom is 0.149 e. The molecular formula is C10H11ClF2N2. The van der Waals surface area contributed by atoms with E-state index in [-0.39, 0.29) is 16.6 Å². The molecule has 2 rings (SSSR count). The fraction of sp³-hybridized carbons (Fsp3) is 0.400. The van der Waals surface area contributed by atoms with Crippen LogP contribution in [-0.2, 0) is 0 Å². The van der Waals surface area contributed by atoms with Gasteiger partial charge in [-0.1, -0.05) is 11.6 Å². The van der Waals surface area contributed by atoms with E-state index < -0.39 is 11.6 Å². The Labute approximate surface area is 91.6 Å². The molecule has 15 heavy (non-hydrogen) atoms. The van der Waals surface area contributed by atoms with Gasteiger partial charge in [0.25, 0.3) is 0 Å². The van der Waals surface area contributed by atoms with Crippen LogP contribution in [0.3, 0.4) is 0 Å². The van der Waals surface area contributed by atoms with Crippen LogP contribution in [0.1, 0.15) is 11.6 Å². The molecule has 1 aromatic rings. The van der Waals surface area contributed by atoms with Crippen LogP contribution in [0.25, 0.3) is 0 Å². The van der Waals surface area contributed by atoms with Gasteiger partial charge in [0, 0.05) is 25.2 Å². The standard InChI is InChI=1S/C10H11ClF2N2/c11-6-1-2-7(12)9(10(6)13)8-5-14-3-4-15-8/h1-2,8,14-15H,3-5H2/t8-/m1/s1. The summed E-state index contributed by atoms with van der Waals surface area (Å²) in [7, 11) is 0. The Morgan fingerprint density at radius 2 is 2.07 bits per heavy atom. The highest BCUT2D eigenvalue weighted by Gasteiger charge is 2.23. The highest BCUT2D eigenvalue weighted by molar-refractivity contribution is 6.30. The zero-order valence-corrected chi connectivity index (χ0v) is 8.74. The molecule has 1 aliphatic rings. The molecule has 1 heterocycles. The maximum atomic E-state index is 13.6. The molecule has 82 valence electrons. The fourth-order valence-corrected chi connectivity index (χ4v) is 1.88. The van der Waals surface area contributed by atoms with Gasteiger partial charge in [-0.3, -0.25) is 0 Å². The van der Waals surface area contributed by atoms with Gasteiger partial charge in [-0.15, -0.1) is 0 Å². The molecule has 0 amide bonds. The molecular weight excluding hydrogens is 222 g/mol. The van der Waals surface area contributed by atoms with Gasteiger partial charge >= 0.3 is 0 Å². The Morgan fingerprint density at radius 3 is 2.73 bits per heavy atom. The molecule has 1 saturated heterocycles. The lowest BCUT2D eigenvalue weighted by Crippen LogP contribution is -2.43. The van der Waals surface area contributed by atoms with Crippen molar-refractivity contribution in [3.8, 4) is 0 Å². The van der Waals surface area contributed by atoms with Crippen LogP contribution in [0.15, 0.2) is 12.1 Å². The number of piperazine rings is 1. The molecule has 0 bridgehead atoms. The normalized spacial score (nSPS) is 21.7. The van der Waals surface area contributed by atoms with Crippen molar-refractivity contribution in [3.63, 3.8) is 0 Å². The number of hydrogen-bond donors (Lipinski definition) is 2. The van der Waals surface area contributed by atoms with Crippen LogP contribution < -0.4 is 10.6 Å². The summed E-state index contributed by atoms with van der Waals surface area (Å²) in [4.78, 5) is 0. The molecule has 0 aliphatic carbocycles.